The fourth-order valence-electron chi connectivity index (χ4n) is 3.78. The van der Waals surface area contributed by atoms with Crippen molar-refractivity contribution in [1.82, 2.24) is 15.2 Å². The summed E-state index contributed by atoms with van der Waals surface area (Å²) in [6.45, 7) is 2.12. The van der Waals surface area contributed by atoms with Crippen LogP contribution in [-0.4, -0.2) is 40.7 Å². The molecule has 0 saturated carbocycles. The fourth-order valence-corrected chi connectivity index (χ4v) is 3.78. The Balaban J connectivity index is 1.39. The van der Waals surface area contributed by atoms with E-state index in [1.54, 1.807) is 6.20 Å². The molecule has 5 heteroatoms. The quantitative estimate of drug-likeness (QED) is 0.805. The van der Waals surface area contributed by atoms with Crippen LogP contribution in [0, 0.1) is 5.92 Å². The second-order valence-electron chi connectivity index (χ2n) is 7.11. The Hall–Kier alpha value is -1.88. The minimum Gasteiger partial charge on any atom is -0.387 e. The Bertz CT molecular complexity index is 580. The highest BCUT2D eigenvalue weighted by atomic mass is 16.3. The summed E-state index contributed by atoms with van der Waals surface area (Å²) in [6, 6.07) is 5.65. The summed E-state index contributed by atoms with van der Waals surface area (Å²) in [5, 5.41) is 13.5. The number of carbonyl (C=O) groups excluding carboxylic acids is 1. The van der Waals surface area contributed by atoms with Crippen LogP contribution in [0.4, 0.5) is 4.79 Å². The van der Waals surface area contributed by atoms with Crippen LogP contribution in [0.2, 0.25) is 0 Å². The predicted molar refractivity (Wildman–Crippen MR) is 98.1 cm³/mol. The van der Waals surface area contributed by atoms with Crippen LogP contribution >= 0.6 is 0 Å². The average molecular weight is 343 g/mol. The van der Waals surface area contributed by atoms with Crippen LogP contribution in [0.1, 0.15) is 56.7 Å². The molecule has 2 N–H and O–H groups in total. The van der Waals surface area contributed by atoms with Gasteiger partial charge in [-0.05, 0) is 63.0 Å². The largest absolute Gasteiger partial charge is 0.387 e. The van der Waals surface area contributed by atoms with Gasteiger partial charge in [-0.2, -0.15) is 0 Å². The van der Waals surface area contributed by atoms with Crippen molar-refractivity contribution in [3.8, 4) is 0 Å². The van der Waals surface area contributed by atoms with Crippen molar-refractivity contribution in [1.29, 1.82) is 0 Å². The predicted octanol–water partition coefficient (Wildman–Crippen LogP) is 3.43. The number of carbonyl (C=O) groups is 1. The van der Waals surface area contributed by atoms with E-state index >= 15 is 0 Å². The van der Waals surface area contributed by atoms with E-state index in [0.717, 1.165) is 31.5 Å². The van der Waals surface area contributed by atoms with E-state index in [2.05, 4.69) is 16.4 Å². The molecule has 25 heavy (non-hydrogen) atoms. The number of rotatable bonds is 5. The Kier molecular flexibility index (Phi) is 6.45. The molecule has 1 aliphatic heterocycles. The van der Waals surface area contributed by atoms with E-state index < -0.39 is 6.10 Å². The van der Waals surface area contributed by atoms with Crippen LogP contribution in [-0.2, 0) is 0 Å². The van der Waals surface area contributed by atoms with Crippen molar-refractivity contribution in [2.24, 2.45) is 5.92 Å². The van der Waals surface area contributed by atoms with Crippen molar-refractivity contribution in [2.45, 2.75) is 51.0 Å². The molecular formula is C20H29N3O2. The van der Waals surface area contributed by atoms with Crippen LogP contribution in [0.5, 0.6) is 0 Å². The molecule has 1 aromatic heterocycles. The first kappa shape index (κ1) is 17.9. The summed E-state index contributed by atoms with van der Waals surface area (Å²) < 4.78 is 0. The lowest BCUT2D eigenvalue weighted by atomic mass is 9.89. The van der Waals surface area contributed by atoms with Gasteiger partial charge in [0.1, 0.15) is 0 Å². The molecule has 1 atom stereocenters. The highest BCUT2D eigenvalue weighted by molar-refractivity contribution is 5.74. The summed E-state index contributed by atoms with van der Waals surface area (Å²) in [6.07, 6.45) is 11.1. The monoisotopic (exact) mass is 343 g/mol. The van der Waals surface area contributed by atoms with Crippen molar-refractivity contribution in [3.63, 3.8) is 0 Å². The van der Waals surface area contributed by atoms with Gasteiger partial charge in [0.05, 0.1) is 11.8 Å². The van der Waals surface area contributed by atoms with Gasteiger partial charge in [-0.15, -0.1) is 0 Å². The highest BCUT2D eigenvalue weighted by Crippen LogP contribution is 2.29. The van der Waals surface area contributed by atoms with E-state index in [9.17, 15) is 9.90 Å². The molecule has 0 spiro atoms. The standard InChI is InChI=1S/C20H29N3O2/c24-19(18-8-4-5-12-21-18)17-10-14-23(15-11-17)20(25)22-13-9-16-6-2-1-3-7-16/h4-6,8,12,17,19,24H,1-3,7,9-11,13-15H2,(H,22,25). The normalized spacial score (nSPS) is 20.0. The zero-order valence-corrected chi connectivity index (χ0v) is 14.9. The highest BCUT2D eigenvalue weighted by Gasteiger charge is 2.28. The number of aromatic nitrogens is 1. The van der Waals surface area contributed by atoms with Crippen molar-refractivity contribution < 1.29 is 9.90 Å². The van der Waals surface area contributed by atoms with Crippen LogP contribution in [0.25, 0.3) is 0 Å². The van der Waals surface area contributed by atoms with E-state index in [1.165, 1.54) is 31.3 Å². The van der Waals surface area contributed by atoms with Gasteiger partial charge in [-0.25, -0.2) is 4.79 Å². The Morgan fingerprint density at radius 2 is 2.16 bits per heavy atom. The molecular weight excluding hydrogens is 314 g/mol. The third-order valence-corrected chi connectivity index (χ3v) is 5.37. The Morgan fingerprint density at radius 3 is 2.84 bits per heavy atom. The van der Waals surface area contributed by atoms with Crippen LogP contribution < -0.4 is 5.32 Å². The second-order valence-corrected chi connectivity index (χ2v) is 7.11. The number of amides is 2. The number of hydrogen-bond donors (Lipinski definition) is 2. The molecule has 1 saturated heterocycles. The van der Waals surface area contributed by atoms with E-state index in [1.807, 2.05) is 23.1 Å². The summed E-state index contributed by atoms with van der Waals surface area (Å²) in [7, 11) is 0. The first-order valence-electron chi connectivity index (χ1n) is 9.53. The SMILES string of the molecule is O=C(NCCC1=CCCCC1)N1CCC(C(O)c2ccccn2)CC1. The van der Waals surface area contributed by atoms with Crippen molar-refractivity contribution in [2.75, 3.05) is 19.6 Å². The van der Waals surface area contributed by atoms with Gasteiger partial charge >= 0.3 is 6.03 Å². The molecule has 0 bridgehead atoms. The third kappa shape index (κ3) is 5.05. The summed E-state index contributed by atoms with van der Waals surface area (Å²) in [5.74, 6) is 0.173. The zero-order chi connectivity index (χ0) is 17.5. The number of pyridine rings is 1. The number of allylic oxidation sites excluding steroid dienone is 1. The second kappa shape index (κ2) is 8.99. The van der Waals surface area contributed by atoms with Gasteiger partial charge in [0, 0.05) is 25.8 Å². The lowest BCUT2D eigenvalue weighted by molar-refractivity contribution is 0.0636. The van der Waals surface area contributed by atoms with Gasteiger partial charge in [-0.1, -0.05) is 17.7 Å². The maximum Gasteiger partial charge on any atom is 0.317 e. The number of piperidine rings is 1. The number of aliphatic hydroxyl groups excluding tert-OH is 1. The lowest BCUT2D eigenvalue weighted by Gasteiger charge is -2.34. The topological polar surface area (TPSA) is 65.5 Å². The molecule has 0 aromatic carbocycles. The Labute approximate surface area is 150 Å². The van der Waals surface area contributed by atoms with Crippen molar-refractivity contribution in [3.05, 3.63) is 41.7 Å². The number of aliphatic hydroxyl groups is 1. The van der Waals surface area contributed by atoms with Gasteiger partial charge in [0.15, 0.2) is 0 Å². The molecule has 1 fully saturated rings. The van der Waals surface area contributed by atoms with E-state index in [4.69, 9.17) is 0 Å². The molecule has 3 rings (SSSR count). The number of likely N-dealkylation sites (tertiary alicyclic amines) is 1. The molecule has 2 heterocycles. The first-order valence-corrected chi connectivity index (χ1v) is 9.53. The van der Waals surface area contributed by atoms with Crippen LogP contribution in [0.3, 0.4) is 0 Å². The summed E-state index contributed by atoms with van der Waals surface area (Å²) in [5.41, 5.74) is 2.22. The van der Waals surface area contributed by atoms with Gasteiger partial charge in [-0.3, -0.25) is 4.98 Å². The smallest absolute Gasteiger partial charge is 0.317 e. The van der Waals surface area contributed by atoms with E-state index in [0.29, 0.717) is 13.1 Å². The molecule has 5 nitrogen and oxygen atoms in total. The number of nitrogens with zero attached hydrogens (tertiary/aromatic N) is 2. The van der Waals surface area contributed by atoms with Gasteiger partial charge in [0.2, 0.25) is 0 Å². The van der Waals surface area contributed by atoms with E-state index in [-0.39, 0.29) is 11.9 Å². The zero-order valence-electron chi connectivity index (χ0n) is 14.9. The maximum absolute atomic E-state index is 12.3. The lowest BCUT2D eigenvalue weighted by Crippen LogP contribution is -2.45. The molecule has 1 aliphatic carbocycles. The molecule has 136 valence electrons. The number of urea groups is 1. The minimum absolute atomic E-state index is 0.0298. The van der Waals surface area contributed by atoms with Gasteiger partial charge < -0.3 is 15.3 Å². The molecule has 1 unspecified atom stereocenters. The first-order chi connectivity index (χ1) is 12.2. The minimum atomic E-state index is -0.537. The molecule has 0 radical (unpaired) electrons. The molecule has 1 aromatic rings. The van der Waals surface area contributed by atoms with Crippen molar-refractivity contribution >= 4 is 6.03 Å². The maximum atomic E-state index is 12.3. The summed E-state index contributed by atoms with van der Waals surface area (Å²) >= 11 is 0. The number of hydrogen-bond acceptors (Lipinski definition) is 3. The van der Waals surface area contributed by atoms with Crippen LogP contribution in [0.15, 0.2) is 36.0 Å². The third-order valence-electron chi connectivity index (χ3n) is 5.37. The average Bonchev–Trinajstić information content (AvgIpc) is 2.69. The molecule has 2 aliphatic rings. The fraction of sp³-hybridized carbons (Fsp3) is 0.600. The van der Waals surface area contributed by atoms with Gasteiger partial charge in [0.25, 0.3) is 0 Å². The summed E-state index contributed by atoms with van der Waals surface area (Å²) in [4.78, 5) is 18.4. The molecule has 2 amide bonds. The Morgan fingerprint density at radius 1 is 1.32 bits per heavy atom. The number of nitrogens with one attached hydrogen (secondary N) is 1.